The van der Waals surface area contributed by atoms with Gasteiger partial charge < -0.3 is 20.3 Å². The quantitative estimate of drug-likeness (QED) is 0.434. The zero-order chi connectivity index (χ0) is 26.3. The third-order valence-corrected chi connectivity index (χ3v) is 7.74. The van der Waals surface area contributed by atoms with Crippen LogP contribution in [-0.4, -0.2) is 80.7 Å². The minimum absolute atomic E-state index is 0.195. The number of aromatic nitrogens is 2. The summed E-state index contributed by atoms with van der Waals surface area (Å²) in [5.41, 5.74) is -0.410. The maximum atomic E-state index is 13.5. The number of rotatable bonds is 10. The summed E-state index contributed by atoms with van der Waals surface area (Å²) >= 11 is 2.39. The second-order valence-electron chi connectivity index (χ2n) is 9.95. The standard InChI is InChI=1S/C23H37N7O4S2/c1-15(2)9-10-17(31)20-30(27-22(34-20)35-14-13-29(4)5)21(33)25-23(11-7-6-8-12-23)24-19(32)18-16(3)26-28-36-18/h15,20H,6-14H2,1-5H3,(H,24,32)(H,25,33). The molecule has 1 aliphatic heterocycles. The fourth-order valence-electron chi connectivity index (χ4n) is 4.01. The summed E-state index contributed by atoms with van der Waals surface area (Å²) in [6.45, 7) is 6.61. The molecule has 2 heterocycles. The normalized spacial score (nSPS) is 19.2. The number of carbonyl (C=O) groups excluding carboxylic acids is 3. The second kappa shape index (κ2) is 12.8. The second-order valence-corrected chi connectivity index (χ2v) is 11.7. The fraction of sp³-hybridized carbons (Fsp3) is 0.739. The molecule has 1 unspecified atom stereocenters. The van der Waals surface area contributed by atoms with E-state index in [1.165, 1.54) is 11.8 Å². The van der Waals surface area contributed by atoms with Crippen LogP contribution in [0.5, 0.6) is 0 Å². The number of Topliss-reactive ketones (excluding diaryl/α,β-unsaturated/α-hetero) is 1. The lowest BCUT2D eigenvalue weighted by atomic mass is 9.88. The molecule has 3 amide bonds. The van der Waals surface area contributed by atoms with Gasteiger partial charge in [0, 0.05) is 18.7 Å². The van der Waals surface area contributed by atoms with E-state index in [-0.39, 0.29) is 18.1 Å². The molecule has 1 aromatic rings. The predicted molar refractivity (Wildman–Crippen MR) is 141 cm³/mol. The molecule has 200 valence electrons. The zero-order valence-corrected chi connectivity index (χ0v) is 23.3. The number of hydrazone groups is 1. The van der Waals surface area contributed by atoms with Crippen LogP contribution in [0.25, 0.3) is 0 Å². The molecule has 0 spiro atoms. The number of hydrogen-bond acceptors (Lipinski definition) is 10. The Labute approximate surface area is 220 Å². The highest BCUT2D eigenvalue weighted by Crippen LogP contribution is 2.29. The molecule has 3 rings (SSSR count). The van der Waals surface area contributed by atoms with E-state index in [1.54, 1.807) is 6.92 Å². The lowest BCUT2D eigenvalue weighted by Crippen LogP contribution is -2.64. The number of thioether (sulfide) groups is 1. The van der Waals surface area contributed by atoms with Crippen LogP contribution in [0.1, 0.15) is 74.2 Å². The predicted octanol–water partition coefficient (Wildman–Crippen LogP) is 3.18. The van der Waals surface area contributed by atoms with Crippen molar-refractivity contribution in [1.29, 1.82) is 0 Å². The van der Waals surface area contributed by atoms with E-state index in [2.05, 4.69) is 25.3 Å². The Hall–Kier alpha value is -2.25. The first-order valence-electron chi connectivity index (χ1n) is 12.4. The molecule has 0 aromatic carbocycles. The van der Waals surface area contributed by atoms with Crippen LogP contribution in [-0.2, 0) is 9.53 Å². The number of hydrogen-bond donors (Lipinski definition) is 2. The highest BCUT2D eigenvalue weighted by molar-refractivity contribution is 8.13. The SMILES string of the molecule is Cc1nnsc1C(=O)NC1(NC(=O)N2N=C(SCCN(C)C)OC2C(=O)CCC(C)C)CCCCC1. The first-order valence-corrected chi connectivity index (χ1v) is 14.1. The van der Waals surface area contributed by atoms with Crippen LogP contribution >= 0.6 is 23.3 Å². The molecular formula is C23H37N7O4S2. The van der Waals surface area contributed by atoms with Crippen LogP contribution in [0.3, 0.4) is 0 Å². The fourth-order valence-corrected chi connectivity index (χ4v) is 5.50. The summed E-state index contributed by atoms with van der Waals surface area (Å²) in [6.07, 6.45) is 3.73. The van der Waals surface area contributed by atoms with Gasteiger partial charge in [0.15, 0.2) is 5.78 Å². The Balaban J connectivity index is 1.77. The molecule has 11 nitrogen and oxygen atoms in total. The Morgan fingerprint density at radius 2 is 1.94 bits per heavy atom. The molecule has 13 heteroatoms. The molecule has 2 aliphatic rings. The van der Waals surface area contributed by atoms with Crippen molar-refractivity contribution < 1.29 is 19.1 Å². The van der Waals surface area contributed by atoms with Gasteiger partial charge in [0.1, 0.15) is 10.5 Å². The lowest BCUT2D eigenvalue weighted by molar-refractivity contribution is -0.131. The molecule has 1 fully saturated rings. The van der Waals surface area contributed by atoms with Crippen molar-refractivity contribution in [3.8, 4) is 0 Å². The molecule has 0 radical (unpaired) electrons. The van der Waals surface area contributed by atoms with Gasteiger partial charge in [-0.2, -0.15) is 5.01 Å². The maximum Gasteiger partial charge on any atom is 0.343 e. The monoisotopic (exact) mass is 539 g/mol. The van der Waals surface area contributed by atoms with E-state index in [9.17, 15) is 14.4 Å². The third-order valence-electron chi connectivity index (χ3n) is 6.10. The van der Waals surface area contributed by atoms with Gasteiger partial charge in [0.25, 0.3) is 17.4 Å². The highest BCUT2D eigenvalue weighted by atomic mass is 32.2. The Bertz CT molecular complexity index is 960. The van der Waals surface area contributed by atoms with Gasteiger partial charge in [-0.05, 0) is 70.6 Å². The highest BCUT2D eigenvalue weighted by Gasteiger charge is 2.43. The first-order chi connectivity index (χ1) is 17.1. The number of aryl methyl sites for hydroxylation is 1. The first kappa shape index (κ1) is 28.3. The molecule has 1 atom stereocenters. The maximum absolute atomic E-state index is 13.5. The number of ketones is 1. The van der Waals surface area contributed by atoms with Crippen molar-refractivity contribution in [3.63, 3.8) is 0 Å². The van der Waals surface area contributed by atoms with Gasteiger partial charge in [-0.1, -0.05) is 36.5 Å². The Morgan fingerprint density at radius 1 is 1.22 bits per heavy atom. The van der Waals surface area contributed by atoms with Gasteiger partial charge in [-0.15, -0.1) is 10.2 Å². The number of nitrogens with one attached hydrogen (secondary N) is 2. The number of amides is 3. The van der Waals surface area contributed by atoms with E-state index in [1.807, 2.05) is 32.8 Å². The van der Waals surface area contributed by atoms with Crippen molar-refractivity contribution >= 4 is 46.2 Å². The average Bonchev–Trinajstić information content (AvgIpc) is 3.44. The molecule has 1 aromatic heterocycles. The van der Waals surface area contributed by atoms with Gasteiger partial charge in [0.05, 0.1) is 5.69 Å². The molecule has 36 heavy (non-hydrogen) atoms. The van der Waals surface area contributed by atoms with Gasteiger partial charge in [-0.3, -0.25) is 9.59 Å². The molecular weight excluding hydrogens is 502 g/mol. The van der Waals surface area contributed by atoms with E-state index in [0.717, 1.165) is 42.3 Å². The molecule has 0 saturated heterocycles. The van der Waals surface area contributed by atoms with Gasteiger partial charge >= 0.3 is 6.03 Å². The summed E-state index contributed by atoms with van der Waals surface area (Å²) in [7, 11) is 3.94. The topological polar surface area (TPSA) is 129 Å². The van der Waals surface area contributed by atoms with Crippen LogP contribution in [0.2, 0.25) is 0 Å². The number of carbonyl (C=O) groups is 3. The summed E-state index contributed by atoms with van der Waals surface area (Å²) in [5, 5.41) is 15.7. The van der Waals surface area contributed by atoms with E-state index < -0.39 is 17.9 Å². The Kier molecular flexibility index (Phi) is 10.1. The molecule has 2 N–H and O–H groups in total. The Morgan fingerprint density at radius 3 is 2.56 bits per heavy atom. The van der Waals surface area contributed by atoms with Crippen molar-refractivity contribution in [1.82, 2.24) is 30.1 Å². The lowest BCUT2D eigenvalue weighted by Gasteiger charge is -2.39. The van der Waals surface area contributed by atoms with Crippen LogP contribution in [0, 0.1) is 12.8 Å². The number of nitrogens with zero attached hydrogens (tertiary/aromatic N) is 5. The van der Waals surface area contributed by atoms with Crippen molar-refractivity contribution in [3.05, 3.63) is 10.6 Å². The number of urea groups is 1. The smallest absolute Gasteiger partial charge is 0.343 e. The zero-order valence-electron chi connectivity index (χ0n) is 21.7. The average molecular weight is 540 g/mol. The van der Waals surface area contributed by atoms with E-state index in [4.69, 9.17) is 4.74 Å². The summed E-state index contributed by atoms with van der Waals surface area (Å²) in [6, 6.07) is -0.567. The van der Waals surface area contributed by atoms with Crippen LogP contribution in [0.4, 0.5) is 4.79 Å². The van der Waals surface area contributed by atoms with E-state index in [0.29, 0.717) is 46.7 Å². The largest absolute Gasteiger partial charge is 0.438 e. The summed E-state index contributed by atoms with van der Waals surface area (Å²) in [5.74, 6) is 0.531. The minimum Gasteiger partial charge on any atom is -0.438 e. The third kappa shape index (κ3) is 7.62. The van der Waals surface area contributed by atoms with E-state index >= 15 is 0 Å². The van der Waals surface area contributed by atoms with Crippen molar-refractivity contribution in [2.24, 2.45) is 11.0 Å². The minimum atomic E-state index is -1.12. The molecule has 1 aliphatic carbocycles. The summed E-state index contributed by atoms with van der Waals surface area (Å²) < 4.78 is 9.70. The van der Waals surface area contributed by atoms with Gasteiger partial charge in [-0.25, -0.2) is 4.79 Å². The molecule has 0 bridgehead atoms. The summed E-state index contributed by atoms with van der Waals surface area (Å²) in [4.78, 5) is 42.0. The molecule has 1 saturated carbocycles. The van der Waals surface area contributed by atoms with Crippen molar-refractivity contribution in [2.75, 3.05) is 26.4 Å². The number of ether oxygens (including phenoxy) is 1. The van der Waals surface area contributed by atoms with Gasteiger partial charge in [0.2, 0.25) is 0 Å². The van der Waals surface area contributed by atoms with Crippen LogP contribution < -0.4 is 10.6 Å². The van der Waals surface area contributed by atoms with Crippen molar-refractivity contribution in [2.45, 2.75) is 77.6 Å². The van der Waals surface area contributed by atoms with Crippen LogP contribution in [0.15, 0.2) is 5.10 Å².